The third-order valence-electron chi connectivity index (χ3n) is 6.84. The first-order valence-electron chi connectivity index (χ1n) is 13.3. The topological polar surface area (TPSA) is 86.8 Å². The molecule has 0 spiro atoms. The molecular weight excluding hydrogens is 605 g/mol. The number of halogens is 3. The Bertz CT molecular complexity index is 1490. The molecule has 0 saturated heterocycles. The Kier molecular flexibility index (Phi) is 11.5. The molecule has 2 atom stereocenters. The van der Waals surface area contributed by atoms with Crippen LogP contribution in [0.1, 0.15) is 44.7 Å². The largest absolute Gasteiger partial charge is 0.352 e. The van der Waals surface area contributed by atoms with E-state index in [1.165, 1.54) is 17.0 Å². The van der Waals surface area contributed by atoms with E-state index in [-0.39, 0.29) is 29.1 Å². The van der Waals surface area contributed by atoms with Gasteiger partial charge >= 0.3 is 0 Å². The molecule has 0 unspecified atom stereocenters. The second kappa shape index (κ2) is 14.4. The van der Waals surface area contributed by atoms with Crippen LogP contribution >= 0.6 is 34.8 Å². The van der Waals surface area contributed by atoms with Crippen molar-refractivity contribution in [3.8, 4) is 0 Å². The molecule has 0 heterocycles. The number of amides is 2. The van der Waals surface area contributed by atoms with Crippen molar-refractivity contribution in [3.05, 3.63) is 92.9 Å². The van der Waals surface area contributed by atoms with Crippen molar-refractivity contribution in [2.45, 2.75) is 64.1 Å². The Hall–Kier alpha value is -2.78. The van der Waals surface area contributed by atoms with Crippen molar-refractivity contribution in [2.75, 3.05) is 10.8 Å². The monoisotopic (exact) mass is 637 g/mol. The predicted octanol–water partition coefficient (Wildman–Crippen LogP) is 6.87. The van der Waals surface area contributed by atoms with E-state index in [0.717, 1.165) is 4.31 Å². The van der Waals surface area contributed by atoms with Crippen LogP contribution in [0.25, 0.3) is 0 Å². The van der Waals surface area contributed by atoms with E-state index in [1.54, 1.807) is 68.4 Å². The summed E-state index contributed by atoms with van der Waals surface area (Å²) in [5.74, 6) is -0.896. The number of nitrogens with one attached hydrogen (secondary N) is 1. The molecule has 0 aliphatic heterocycles. The minimum Gasteiger partial charge on any atom is -0.352 e. The lowest BCUT2D eigenvalue weighted by Gasteiger charge is -2.34. The third-order valence-corrected chi connectivity index (χ3v) is 9.76. The van der Waals surface area contributed by atoms with Gasteiger partial charge in [0, 0.05) is 17.6 Å². The first-order chi connectivity index (χ1) is 19.4. The number of sulfonamides is 1. The molecule has 1 N–H and O–H groups in total. The Morgan fingerprint density at radius 2 is 1.56 bits per heavy atom. The van der Waals surface area contributed by atoms with Crippen LogP contribution in [0.2, 0.25) is 15.1 Å². The van der Waals surface area contributed by atoms with Crippen LogP contribution in [0, 0.1) is 6.92 Å². The van der Waals surface area contributed by atoms with E-state index in [0.29, 0.717) is 39.0 Å². The van der Waals surface area contributed by atoms with Gasteiger partial charge in [-0.25, -0.2) is 8.42 Å². The number of benzene rings is 3. The standard InChI is InChI=1S/C30H34Cl3N3O4S/c1-5-20(3)34-30(38)27(6-2)35(18-22-15-16-25(32)26(33)17-22)29(37)19-36(28-14-10-13-24(31)21(28)4)41(39,40)23-11-8-7-9-12-23/h7-17,20,27H,5-6,18-19H2,1-4H3,(H,34,38)/t20-,27-/m1/s1. The number of hydrogen-bond donors (Lipinski definition) is 1. The lowest BCUT2D eigenvalue weighted by molar-refractivity contribution is -0.140. The summed E-state index contributed by atoms with van der Waals surface area (Å²) >= 11 is 18.7. The van der Waals surface area contributed by atoms with E-state index in [9.17, 15) is 18.0 Å². The van der Waals surface area contributed by atoms with Crippen LogP contribution in [0.15, 0.2) is 71.6 Å². The van der Waals surface area contributed by atoms with E-state index < -0.39 is 28.5 Å². The van der Waals surface area contributed by atoms with Gasteiger partial charge in [-0.15, -0.1) is 0 Å². The zero-order chi connectivity index (χ0) is 30.3. The molecule has 0 bridgehead atoms. The van der Waals surface area contributed by atoms with Gasteiger partial charge in [0.15, 0.2) is 0 Å². The second-order valence-corrected chi connectivity index (χ2v) is 12.8. The summed E-state index contributed by atoms with van der Waals surface area (Å²) in [6.45, 7) is 6.77. The zero-order valence-electron chi connectivity index (χ0n) is 23.4. The SMILES string of the molecule is CC[C@@H](C)NC(=O)[C@@H](CC)N(Cc1ccc(Cl)c(Cl)c1)C(=O)CN(c1cccc(Cl)c1C)S(=O)(=O)c1ccccc1. The van der Waals surface area contributed by atoms with Gasteiger partial charge in [0.25, 0.3) is 10.0 Å². The van der Waals surface area contributed by atoms with Crippen LogP contribution in [-0.2, 0) is 26.2 Å². The third kappa shape index (κ3) is 7.95. The summed E-state index contributed by atoms with van der Waals surface area (Å²) in [7, 11) is -4.19. The van der Waals surface area contributed by atoms with Gasteiger partial charge < -0.3 is 10.2 Å². The average Bonchev–Trinajstić information content (AvgIpc) is 2.95. The van der Waals surface area contributed by atoms with Crippen LogP contribution in [0.4, 0.5) is 5.69 Å². The molecule has 0 aliphatic carbocycles. The minimum absolute atomic E-state index is 0.00983. The fourth-order valence-corrected chi connectivity index (χ4v) is 6.28. The fraction of sp³-hybridized carbons (Fsp3) is 0.333. The van der Waals surface area contributed by atoms with Crippen molar-refractivity contribution < 1.29 is 18.0 Å². The highest BCUT2D eigenvalue weighted by atomic mass is 35.5. The van der Waals surface area contributed by atoms with Crippen molar-refractivity contribution in [1.29, 1.82) is 0 Å². The van der Waals surface area contributed by atoms with Gasteiger partial charge in [-0.1, -0.05) is 79.0 Å². The number of carbonyl (C=O) groups is 2. The van der Waals surface area contributed by atoms with Crippen molar-refractivity contribution in [3.63, 3.8) is 0 Å². The Balaban J connectivity index is 2.11. The van der Waals surface area contributed by atoms with Gasteiger partial charge in [0.2, 0.25) is 11.8 Å². The molecule has 41 heavy (non-hydrogen) atoms. The second-order valence-electron chi connectivity index (χ2n) is 9.72. The highest BCUT2D eigenvalue weighted by Gasteiger charge is 2.34. The summed E-state index contributed by atoms with van der Waals surface area (Å²) < 4.78 is 29.0. The Morgan fingerprint density at radius 1 is 0.878 bits per heavy atom. The average molecular weight is 639 g/mol. The van der Waals surface area contributed by atoms with Crippen molar-refractivity contribution in [2.24, 2.45) is 0 Å². The van der Waals surface area contributed by atoms with Gasteiger partial charge in [0.05, 0.1) is 20.6 Å². The molecule has 7 nitrogen and oxygen atoms in total. The molecule has 2 amide bonds. The quantitative estimate of drug-likeness (QED) is 0.235. The molecule has 3 aromatic rings. The predicted molar refractivity (Wildman–Crippen MR) is 166 cm³/mol. The number of carbonyl (C=O) groups excluding carboxylic acids is 2. The van der Waals surface area contributed by atoms with Crippen molar-refractivity contribution in [1.82, 2.24) is 10.2 Å². The normalized spacial score (nSPS) is 12.9. The smallest absolute Gasteiger partial charge is 0.264 e. The molecule has 0 aromatic heterocycles. The van der Waals surface area contributed by atoms with Crippen LogP contribution in [0.5, 0.6) is 0 Å². The summed E-state index contributed by atoms with van der Waals surface area (Å²) in [5.41, 5.74) is 1.40. The van der Waals surface area contributed by atoms with Gasteiger partial charge in [-0.05, 0) is 74.2 Å². The maximum absolute atomic E-state index is 14.2. The maximum atomic E-state index is 14.2. The zero-order valence-corrected chi connectivity index (χ0v) is 26.5. The van der Waals surface area contributed by atoms with Crippen LogP contribution < -0.4 is 9.62 Å². The van der Waals surface area contributed by atoms with Crippen LogP contribution in [0.3, 0.4) is 0 Å². The number of hydrogen-bond acceptors (Lipinski definition) is 4. The van der Waals surface area contributed by atoms with E-state index >= 15 is 0 Å². The van der Waals surface area contributed by atoms with E-state index in [4.69, 9.17) is 34.8 Å². The van der Waals surface area contributed by atoms with Gasteiger partial charge in [0.1, 0.15) is 12.6 Å². The summed E-state index contributed by atoms with van der Waals surface area (Å²) in [6, 6.07) is 16.7. The molecule has 220 valence electrons. The molecular formula is C30H34Cl3N3O4S. The summed E-state index contributed by atoms with van der Waals surface area (Å²) in [6.07, 6.45) is 1.01. The first kappa shape index (κ1) is 32.7. The van der Waals surface area contributed by atoms with E-state index in [1.807, 2.05) is 13.8 Å². The fourth-order valence-electron chi connectivity index (χ4n) is 4.29. The Labute approximate surface area is 257 Å². The van der Waals surface area contributed by atoms with Crippen molar-refractivity contribution >= 4 is 62.3 Å². The summed E-state index contributed by atoms with van der Waals surface area (Å²) in [5, 5.41) is 3.96. The highest BCUT2D eigenvalue weighted by Crippen LogP contribution is 2.31. The number of nitrogens with zero attached hydrogens (tertiary/aromatic N) is 2. The lowest BCUT2D eigenvalue weighted by atomic mass is 10.1. The molecule has 0 saturated carbocycles. The Morgan fingerprint density at radius 3 is 2.17 bits per heavy atom. The molecule has 0 aliphatic rings. The molecule has 11 heteroatoms. The summed E-state index contributed by atoms with van der Waals surface area (Å²) in [4.78, 5) is 28.9. The number of rotatable bonds is 12. The van der Waals surface area contributed by atoms with Crippen LogP contribution in [-0.4, -0.2) is 43.8 Å². The highest BCUT2D eigenvalue weighted by molar-refractivity contribution is 7.92. The maximum Gasteiger partial charge on any atom is 0.264 e. The molecule has 0 radical (unpaired) electrons. The minimum atomic E-state index is -4.19. The lowest BCUT2D eigenvalue weighted by Crippen LogP contribution is -2.53. The van der Waals surface area contributed by atoms with Gasteiger partial charge in [-0.2, -0.15) is 0 Å². The molecule has 3 aromatic carbocycles. The molecule has 3 rings (SSSR count). The number of anilines is 1. The first-order valence-corrected chi connectivity index (χ1v) is 15.8. The van der Waals surface area contributed by atoms with Gasteiger partial charge in [-0.3, -0.25) is 13.9 Å². The molecule has 0 fully saturated rings. The van der Waals surface area contributed by atoms with E-state index in [2.05, 4.69) is 5.32 Å².